The van der Waals surface area contributed by atoms with Gasteiger partial charge < -0.3 is 10.4 Å². The number of alkyl halides is 3. The first-order valence-corrected chi connectivity index (χ1v) is 12.1. The number of pyridine rings is 1. The SMILES string of the molecule is CCCCCCCCc1ccc(N(C(=O)O)C2NC(c3cccnc3)=C(F)S2)cc1C(F)(F)F. The van der Waals surface area contributed by atoms with Crippen LogP contribution in [0.25, 0.3) is 5.70 Å². The van der Waals surface area contributed by atoms with Crippen LogP contribution in [-0.2, 0) is 12.6 Å². The van der Waals surface area contributed by atoms with Gasteiger partial charge in [0.05, 0.1) is 16.9 Å². The molecule has 0 aliphatic carbocycles. The summed E-state index contributed by atoms with van der Waals surface area (Å²) in [5, 5.41) is 11.9. The van der Waals surface area contributed by atoms with Gasteiger partial charge in [-0.15, -0.1) is 0 Å². The molecule has 1 aromatic heterocycles. The Morgan fingerprint density at radius 1 is 1.18 bits per heavy atom. The highest BCUT2D eigenvalue weighted by atomic mass is 32.2. The fourth-order valence-electron chi connectivity index (χ4n) is 3.83. The van der Waals surface area contributed by atoms with E-state index in [1.165, 1.54) is 24.5 Å². The lowest BCUT2D eigenvalue weighted by Gasteiger charge is -2.27. The number of rotatable bonds is 10. The third kappa shape index (κ3) is 6.43. The normalized spacial score (nSPS) is 16.0. The van der Waals surface area contributed by atoms with E-state index in [1.807, 2.05) is 0 Å². The average Bonchev–Trinajstić information content (AvgIpc) is 3.17. The standard InChI is InChI=1S/C24H27F4N3O2S/c1-2-3-4-5-6-7-9-16-11-12-18(14-19(16)24(26,27)28)31(23(32)33)22-30-20(21(25)34-22)17-10-8-13-29-15-17/h8,10-15,22,30H,2-7,9H2,1H3,(H,32,33). The number of aryl methyl sites for hydroxylation is 1. The Labute approximate surface area is 200 Å². The number of thioether (sulfide) groups is 1. The molecule has 0 saturated carbocycles. The van der Waals surface area contributed by atoms with E-state index in [-0.39, 0.29) is 23.4 Å². The summed E-state index contributed by atoms with van der Waals surface area (Å²) in [6.45, 7) is 2.10. The third-order valence-corrected chi connectivity index (χ3v) is 6.51. The molecule has 0 bridgehead atoms. The van der Waals surface area contributed by atoms with Crippen molar-refractivity contribution in [3.05, 3.63) is 64.6 Å². The average molecular weight is 498 g/mol. The summed E-state index contributed by atoms with van der Waals surface area (Å²) in [5.41, 5.74) is -1.64. The summed E-state index contributed by atoms with van der Waals surface area (Å²) < 4.78 is 56.1. The molecule has 1 amide bonds. The summed E-state index contributed by atoms with van der Waals surface area (Å²) in [5.74, 6) is 0. The van der Waals surface area contributed by atoms with Crippen molar-refractivity contribution < 1.29 is 27.5 Å². The lowest BCUT2D eigenvalue weighted by atomic mass is 9.99. The maximum atomic E-state index is 14.6. The predicted molar refractivity (Wildman–Crippen MR) is 126 cm³/mol. The van der Waals surface area contributed by atoms with Gasteiger partial charge >= 0.3 is 12.3 Å². The van der Waals surface area contributed by atoms with Gasteiger partial charge in [-0.1, -0.05) is 45.1 Å². The zero-order chi connectivity index (χ0) is 24.7. The number of carboxylic acid groups (broad SMARTS) is 1. The Morgan fingerprint density at radius 2 is 1.91 bits per heavy atom. The lowest BCUT2D eigenvalue weighted by molar-refractivity contribution is -0.138. The Bertz CT molecular complexity index is 1020. The summed E-state index contributed by atoms with van der Waals surface area (Å²) in [6, 6.07) is 6.70. The van der Waals surface area contributed by atoms with Gasteiger partial charge in [0.25, 0.3) is 0 Å². The first-order chi connectivity index (χ1) is 16.2. The Hall–Kier alpha value is -2.75. The van der Waals surface area contributed by atoms with Crippen LogP contribution >= 0.6 is 11.8 Å². The first kappa shape index (κ1) is 25.9. The van der Waals surface area contributed by atoms with Gasteiger partial charge in [-0.05, 0) is 54.4 Å². The molecule has 0 radical (unpaired) electrons. The highest BCUT2D eigenvalue weighted by molar-refractivity contribution is 8.04. The van der Waals surface area contributed by atoms with Crippen LogP contribution in [0.5, 0.6) is 0 Å². The van der Waals surface area contributed by atoms with E-state index < -0.39 is 28.5 Å². The molecular weight excluding hydrogens is 470 g/mol. The van der Waals surface area contributed by atoms with Crippen LogP contribution in [0.15, 0.2) is 47.9 Å². The topological polar surface area (TPSA) is 65.5 Å². The smallest absolute Gasteiger partial charge is 0.416 e. The predicted octanol–water partition coefficient (Wildman–Crippen LogP) is 7.40. The second-order valence-corrected chi connectivity index (χ2v) is 9.06. The minimum absolute atomic E-state index is 0.0464. The van der Waals surface area contributed by atoms with Crippen LogP contribution in [0.4, 0.5) is 28.0 Å². The van der Waals surface area contributed by atoms with Gasteiger partial charge in [-0.25, -0.2) is 9.69 Å². The molecule has 34 heavy (non-hydrogen) atoms. The summed E-state index contributed by atoms with van der Waals surface area (Å²) in [4.78, 5) is 16.6. The third-order valence-electron chi connectivity index (χ3n) is 5.55. The van der Waals surface area contributed by atoms with Crippen LogP contribution in [0.1, 0.15) is 62.1 Å². The van der Waals surface area contributed by atoms with Crippen molar-refractivity contribution >= 4 is 29.2 Å². The number of hydrogen-bond acceptors (Lipinski definition) is 4. The van der Waals surface area contributed by atoms with E-state index >= 15 is 0 Å². The number of aromatic nitrogens is 1. The van der Waals surface area contributed by atoms with E-state index in [9.17, 15) is 27.5 Å². The molecule has 1 atom stereocenters. The summed E-state index contributed by atoms with van der Waals surface area (Å²) in [7, 11) is 0. The largest absolute Gasteiger partial charge is 0.465 e. The molecule has 1 aromatic carbocycles. The second kappa shape index (κ2) is 11.6. The molecule has 2 aromatic rings. The van der Waals surface area contributed by atoms with E-state index in [0.717, 1.165) is 38.2 Å². The fraction of sp³-hybridized carbons (Fsp3) is 0.417. The van der Waals surface area contributed by atoms with Crippen molar-refractivity contribution in [2.24, 2.45) is 0 Å². The maximum absolute atomic E-state index is 14.6. The van der Waals surface area contributed by atoms with Gasteiger partial charge in [0.2, 0.25) is 0 Å². The van der Waals surface area contributed by atoms with Crippen LogP contribution < -0.4 is 10.2 Å². The van der Waals surface area contributed by atoms with Crippen molar-refractivity contribution in [1.29, 1.82) is 0 Å². The minimum atomic E-state index is -4.64. The zero-order valence-electron chi connectivity index (χ0n) is 18.7. The Kier molecular flexibility index (Phi) is 8.82. The second-order valence-electron chi connectivity index (χ2n) is 8.01. The van der Waals surface area contributed by atoms with E-state index in [0.29, 0.717) is 28.6 Å². The number of hydrogen-bond donors (Lipinski definition) is 2. The molecule has 0 saturated heterocycles. The first-order valence-electron chi connectivity index (χ1n) is 11.2. The molecule has 184 valence electrons. The van der Waals surface area contributed by atoms with Gasteiger partial charge in [0, 0.05) is 18.0 Å². The lowest BCUT2D eigenvalue weighted by Crippen LogP contribution is -2.44. The molecule has 2 N–H and O–H groups in total. The molecule has 3 rings (SSSR count). The maximum Gasteiger partial charge on any atom is 0.416 e. The molecule has 5 nitrogen and oxygen atoms in total. The van der Waals surface area contributed by atoms with Crippen molar-refractivity contribution in [2.75, 3.05) is 4.90 Å². The van der Waals surface area contributed by atoms with Gasteiger partial charge in [-0.3, -0.25) is 4.98 Å². The number of benzene rings is 1. The van der Waals surface area contributed by atoms with Crippen molar-refractivity contribution in [1.82, 2.24) is 10.3 Å². The highest BCUT2D eigenvalue weighted by Gasteiger charge is 2.37. The number of nitrogens with one attached hydrogen (secondary N) is 1. The molecule has 10 heteroatoms. The van der Waals surface area contributed by atoms with Crippen molar-refractivity contribution in [3.63, 3.8) is 0 Å². The van der Waals surface area contributed by atoms with Crippen LogP contribution in [-0.4, -0.2) is 21.7 Å². The molecule has 1 aliphatic rings. The summed E-state index contributed by atoms with van der Waals surface area (Å²) in [6.07, 6.45) is 2.74. The molecule has 0 fully saturated rings. The van der Waals surface area contributed by atoms with Gasteiger partial charge in [0.15, 0.2) is 10.7 Å². The molecular formula is C24H27F4N3O2S. The summed E-state index contributed by atoms with van der Waals surface area (Å²) >= 11 is 0.578. The van der Waals surface area contributed by atoms with Crippen molar-refractivity contribution in [2.45, 2.75) is 63.5 Å². The number of anilines is 1. The van der Waals surface area contributed by atoms with E-state index in [4.69, 9.17) is 0 Å². The number of unbranched alkanes of at least 4 members (excludes halogenated alkanes) is 5. The molecule has 0 spiro atoms. The highest BCUT2D eigenvalue weighted by Crippen LogP contribution is 2.41. The number of carbonyl (C=O) groups is 1. The van der Waals surface area contributed by atoms with Crippen LogP contribution in [0.2, 0.25) is 0 Å². The molecule has 2 heterocycles. The Morgan fingerprint density at radius 3 is 2.56 bits per heavy atom. The Balaban J connectivity index is 1.80. The van der Waals surface area contributed by atoms with Gasteiger partial charge in [-0.2, -0.15) is 17.6 Å². The quantitative estimate of drug-likeness (QED) is 0.264. The van der Waals surface area contributed by atoms with Gasteiger partial charge in [0.1, 0.15) is 0 Å². The number of nitrogens with zero attached hydrogens (tertiary/aromatic N) is 2. The molecule has 1 aliphatic heterocycles. The van der Waals surface area contributed by atoms with Crippen LogP contribution in [0.3, 0.4) is 0 Å². The van der Waals surface area contributed by atoms with E-state index in [1.54, 1.807) is 12.1 Å². The van der Waals surface area contributed by atoms with Crippen LogP contribution in [0, 0.1) is 0 Å². The molecule has 1 unspecified atom stereocenters. The monoisotopic (exact) mass is 497 g/mol. The number of amides is 1. The van der Waals surface area contributed by atoms with E-state index in [2.05, 4.69) is 17.2 Å². The van der Waals surface area contributed by atoms with Crippen molar-refractivity contribution in [3.8, 4) is 0 Å². The fourth-order valence-corrected chi connectivity index (χ4v) is 4.81. The number of halogens is 4. The minimum Gasteiger partial charge on any atom is -0.465 e. The zero-order valence-corrected chi connectivity index (χ0v) is 19.6.